The molecule has 0 bridgehead atoms. The van der Waals surface area contributed by atoms with Gasteiger partial charge in [-0.3, -0.25) is 4.90 Å². The van der Waals surface area contributed by atoms with Gasteiger partial charge in [-0.25, -0.2) is 0 Å². The number of nitrogens with zero attached hydrogens (tertiary/aromatic N) is 1. The maximum absolute atomic E-state index is 5.78. The van der Waals surface area contributed by atoms with Crippen LogP contribution in [0.5, 0.6) is 0 Å². The van der Waals surface area contributed by atoms with Crippen molar-refractivity contribution in [1.82, 2.24) is 4.90 Å². The average Bonchev–Trinajstić information content (AvgIpc) is 2.30. The molecule has 0 saturated carbocycles. The smallest absolute Gasteiger partial charge is 0.0275 e. The summed E-state index contributed by atoms with van der Waals surface area (Å²) in [5.41, 5.74) is 5.98. The molecule has 1 aliphatic heterocycles. The van der Waals surface area contributed by atoms with Crippen LogP contribution in [0.2, 0.25) is 0 Å². The third-order valence-corrected chi connectivity index (χ3v) is 3.37. The summed E-state index contributed by atoms with van der Waals surface area (Å²) in [4.78, 5) is 2.55. The van der Waals surface area contributed by atoms with Crippen LogP contribution in [-0.4, -0.2) is 30.1 Å². The predicted octanol–water partition coefficient (Wildman–Crippen LogP) is 1.85. The lowest BCUT2D eigenvalue weighted by molar-refractivity contribution is 0.131. The Labute approximate surface area is 82.5 Å². The van der Waals surface area contributed by atoms with Gasteiger partial charge in [0.05, 0.1) is 0 Å². The van der Waals surface area contributed by atoms with Crippen molar-refractivity contribution in [3.63, 3.8) is 0 Å². The van der Waals surface area contributed by atoms with Crippen molar-refractivity contribution in [3.05, 3.63) is 0 Å². The molecule has 0 radical (unpaired) electrons. The molecule has 0 aromatic rings. The second kappa shape index (κ2) is 4.43. The number of rotatable bonds is 2. The highest BCUT2D eigenvalue weighted by Crippen LogP contribution is 2.22. The first-order chi connectivity index (χ1) is 6.06. The van der Waals surface area contributed by atoms with E-state index < -0.39 is 0 Å². The summed E-state index contributed by atoms with van der Waals surface area (Å²) in [5.74, 6) is 0.901. The monoisotopic (exact) mass is 184 g/mol. The van der Waals surface area contributed by atoms with Crippen LogP contribution in [0.25, 0.3) is 0 Å². The summed E-state index contributed by atoms with van der Waals surface area (Å²) >= 11 is 0. The fourth-order valence-electron chi connectivity index (χ4n) is 2.00. The highest BCUT2D eigenvalue weighted by molar-refractivity contribution is 4.84. The van der Waals surface area contributed by atoms with Gasteiger partial charge in [0.15, 0.2) is 0 Å². The summed E-state index contributed by atoms with van der Waals surface area (Å²) in [6.07, 6.45) is 4.06. The zero-order valence-corrected chi connectivity index (χ0v) is 9.34. The summed E-state index contributed by atoms with van der Waals surface area (Å²) in [6.45, 7) is 10.1. The lowest BCUT2D eigenvalue weighted by atomic mass is 10.0. The van der Waals surface area contributed by atoms with E-state index in [9.17, 15) is 0 Å². The molecule has 2 N–H and O–H groups in total. The lowest BCUT2D eigenvalue weighted by Crippen LogP contribution is -2.49. The minimum Gasteiger partial charge on any atom is -0.329 e. The Balaban J connectivity index is 2.50. The molecule has 78 valence electrons. The van der Waals surface area contributed by atoms with Gasteiger partial charge in [-0.05, 0) is 52.1 Å². The van der Waals surface area contributed by atoms with Gasteiger partial charge >= 0.3 is 0 Å². The van der Waals surface area contributed by atoms with Crippen LogP contribution in [0.1, 0.15) is 40.0 Å². The SMILES string of the molecule is CC1CCCN(C(C)(C)CN)CC1. The van der Waals surface area contributed by atoms with Crippen LogP contribution >= 0.6 is 0 Å². The average molecular weight is 184 g/mol. The molecular formula is C11H24N2. The van der Waals surface area contributed by atoms with E-state index in [2.05, 4.69) is 25.7 Å². The molecule has 1 fully saturated rings. The van der Waals surface area contributed by atoms with Gasteiger partial charge in [0.25, 0.3) is 0 Å². The lowest BCUT2D eigenvalue weighted by Gasteiger charge is -2.37. The third-order valence-electron chi connectivity index (χ3n) is 3.37. The maximum atomic E-state index is 5.78. The van der Waals surface area contributed by atoms with E-state index in [0.29, 0.717) is 0 Å². The van der Waals surface area contributed by atoms with E-state index in [1.807, 2.05) is 0 Å². The molecule has 0 aliphatic carbocycles. The summed E-state index contributed by atoms with van der Waals surface area (Å²) in [6, 6.07) is 0. The van der Waals surface area contributed by atoms with Crippen molar-refractivity contribution in [3.8, 4) is 0 Å². The third kappa shape index (κ3) is 2.96. The van der Waals surface area contributed by atoms with Gasteiger partial charge in [-0.1, -0.05) is 6.92 Å². The van der Waals surface area contributed by atoms with Crippen LogP contribution in [0.3, 0.4) is 0 Å². The Morgan fingerprint density at radius 2 is 2.00 bits per heavy atom. The van der Waals surface area contributed by atoms with Crippen LogP contribution in [0, 0.1) is 5.92 Å². The fourth-order valence-corrected chi connectivity index (χ4v) is 2.00. The van der Waals surface area contributed by atoms with Gasteiger partial charge < -0.3 is 5.73 Å². The number of hydrogen-bond donors (Lipinski definition) is 1. The van der Waals surface area contributed by atoms with Crippen molar-refractivity contribution in [2.75, 3.05) is 19.6 Å². The van der Waals surface area contributed by atoms with E-state index in [1.165, 1.54) is 32.4 Å². The summed E-state index contributed by atoms with van der Waals surface area (Å²) < 4.78 is 0. The topological polar surface area (TPSA) is 29.3 Å². The molecule has 1 heterocycles. The molecule has 2 heteroatoms. The van der Waals surface area contributed by atoms with Gasteiger partial charge in [0, 0.05) is 12.1 Å². The Hall–Kier alpha value is -0.0800. The number of hydrogen-bond acceptors (Lipinski definition) is 2. The Morgan fingerprint density at radius 1 is 1.31 bits per heavy atom. The zero-order valence-electron chi connectivity index (χ0n) is 9.34. The molecule has 1 unspecified atom stereocenters. The van der Waals surface area contributed by atoms with E-state index in [4.69, 9.17) is 5.73 Å². The first-order valence-electron chi connectivity index (χ1n) is 5.51. The van der Waals surface area contributed by atoms with Gasteiger partial charge in [-0.2, -0.15) is 0 Å². The molecular weight excluding hydrogens is 160 g/mol. The molecule has 1 aliphatic rings. The molecule has 2 nitrogen and oxygen atoms in total. The highest BCUT2D eigenvalue weighted by atomic mass is 15.2. The molecule has 0 aromatic heterocycles. The second-order valence-electron chi connectivity index (χ2n) is 5.04. The van der Waals surface area contributed by atoms with E-state index in [0.717, 1.165) is 12.5 Å². The standard InChI is InChI=1S/C11H24N2/c1-10-5-4-7-13(8-6-10)11(2,3)9-12/h10H,4-9,12H2,1-3H3. The van der Waals surface area contributed by atoms with E-state index >= 15 is 0 Å². The Morgan fingerprint density at radius 3 is 2.62 bits per heavy atom. The van der Waals surface area contributed by atoms with Gasteiger partial charge in [0.2, 0.25) is 0 Å². The molecule has 1 saturated heterocycles. The Kier molecular flexibility index (Phi) is 3.74. The summed E-state index contributed by atoms with van der Waals surface area (Å²) in [5, 5.41) is 0. The first kappa shape index (κ1) is 11.0. The first-order valence-corrected chi connectivity index (χ1v) is 5.51. The molecule has 0 spiro atoms. The molecule has 1 rings (SSSR count). The van der Waals surface area contributed by atoms with Gasteiger partial charge in [-0.15, -0.1) is 0 Å². The van der Waals surface area contributed by atoms with Gasteiger partial charge in [0.1, 0.15) is 0 Å². The highest BCUT2D eigenvalue weighted by Gasteiger charge is 2.26. The largest absolute Gasteiger partial charge is 0.329 e. The van der Waals surface area contributed by atoms with Crippen molar-refractivity contribution < 1.29 is 0 Å². The minimum absolute atomic E-state index is 0.198. The predicted molar refractivity (Wildman–Crippen MR) is 57.7 cm³/mol. The van der Waals surface area contributed by atoms with Crippen molar-refractivity contribution in [1.29, 1.82) is 0 Å². The van der Waals surface area contributed by atoms with Crippen LogP contribution in [0.15, 0.2) is 0 Å². The van der Waals surface area contributed by atoms with E-state index in [1.54, 1.807) is 0 Å². The number of likely N-dealkylation sites (tertiary alicyclic amines) is 1. The second-order valence-corrected chi connectivity index (χ2v) is 5.04. The van der Waals surface area contributed by atoms with Crippen LogP contribution < -0.4 is 5.73 Å². The normalized spacial score (nSPS) is 27.2. The quantitative estimate of drug-likeness (QED) is 0.709. The molecule has 0 amide bonds. The zero-order chi connectivity index (χ0) is 9.90. The van der Waals surface area contributed by atoms with Crippen LogP contribution in [0.4, 0.5) is 0 Å². The summed E-state index contributed by atoms with van der Waals surface area (Å²) in [7, 11) is 0. The molecule has 0 aromatic carbocycles. The maximum Gasteiger partial charge on any atom is 0.0275 e. The number of nitrogens with two attached hydrogens (primary N) is 1. The Bertz CT molecular complexity index is 154. The van der Waals surface area contributed by atoms with Crippen molar-refractivity contribution in [2.24, 2.45) is 11.7 Å². The van der Waals surface area contributed by atoms with E-state index in [-0.39, 0.29) is 5.54 Å². The molecule has 1 atom stereocenters. The minimum atomic E-state index is 0.198. The fraction of sp³-hybridized carbons (Fsp3) is 1.00. The molecule has 13 heavy (non-hydrogen) atoms. The van der Waals surface area contributed by atoms with Crippen LogP contribution in [-0.2, 0) is 0 Å². The van der Waals surface area contributed by atoms with Crippen molar-refractivity contribution in [2.45, 2.75) is 45.6 Å². The van der Waals surface area contributed by atoms with Crippen molar-refractivity contribution >= 4 is 0 Å².